The van der Waals surface area contributed by atoms with Crippen LogP contribution in [0.4, 0.5) is 5.13 Å². The highest BCUT2D eigenvalue weighted by Gasteiger charge is 2.48. The SMILES string of the molecule is CCCOc1ccc(C2C(=C(O)c3ccncc3)C(=O)C(=O)N2c2nc3ccc(Cl)cc3s2)cc1. The molecule has 2 aromatic heterocycles. The summed E-state index contributed by atoms with van der Waals surface area (Å²) in [6.07, 6.45) is 3.89. The summed E-state index contributed by atoms with van der Waals surface area (Å²) in [7, 11) is 0. The number of aliphatic hydroxyl groups excluding tert-OH is 1. The van der Waals surface area contributed by atoms with Gasteiger partial charge in [0.15, 0.2) is 5.13 Å². The highest BCUT2D eigenvalue weighted by molar-refractivity contribution is 7.22. The van der Waals surface area contributed by atoms with Crippen LogP contribution >= 0.6 is 22.9 Å². The van der Waals surface area contributed by atoms with Crippen LogP contribution in [0.1, 0.15) is 30.5 Å². The molecule has 0 aliphatic carbocycles. The zero-order valence-corrected chi connectivity index (χ0v) is 20.2. The number of thiazole rings is 1. The van der Waals surface area contributed by atoms with Crippen molar-refractivity contribution >= 4 is 55.7 Å². The van der Waals surface area contributed by atoms with Gasteiger partial charge >= 0.3 is 5.91 Å². The van der Waals surface area contributed by atoms with Crippen molar-refractivity contribution in [3.8, 4) is 5.75 Å². The predicted molar refractivity (Wildman–Crippen MR) is 136 cm³/mol. The second-order valence-electron chi connectivity index (χ2n) is 7.93. The molecule has 1 aliphatic heterocycles. The number of ether oxygens (including phenoxy) is 1. The van der Waals surface area contributed by atoms with E-state index in [9.17, 15) is 14.7 Å². The first-order chi connectivity index (χ1) is 17.0. The molecule has 1 unspecified atom stereocenters. The number of nitrogens with zero attached hydrogens (tertiary/aromatic N) is 3. The second kappa shape index (κ2) is 9.48. The molecule has 1 atom stereocenters. The summed E-state index contributed by atoms with van der Waals surface area (Å²) in [5, 5.41) is 12.0. The van der Waals surface area contributed by atoms with E-state index < -0.39 is 17.7 Å². The van der Waals surface area contributed by atoms with E-state index in [1.165, 1.54) is 28.6 Å². The Morgan fingerprint density at radius 1 is 1.11 bits per heavy atom. The van der Waals surface area contributed by atoms with Gasteiger partial charge in [0.2, 0.25) is 0 Å². The molecular weight excluding hydrogens is 486 g/mol. The average Bonchev–Trinajstić information content (AvgIpc) is 3.40. The maximum Gasteiger partial charge on any atom is 0.301 e. The van der Waals surface area contributed by atoms with Crippen molar-refractivity contribution < 1.29 is 19.4 Å². The third-order valence-electron chi connectivity index (χ3n) is 5.61. The van der Waals surface area contributed by atoms with Crippen LogP contribution in [0.3, 0.4) is 0 Å². The monoisotopic (exact) mass is 505 g/mol. The molecule has 1 aliphatic rings. The van der Waals surface area contributed by atoms with E-state index in [0.717, 1.165) is 11.1 Å². The fourth-order valence-corrected chi connectivity index (χ4v) is 5.23. The number of hydrogen-bond acceptors (Lipinski definition) is 7. The maximum absolute atomic E-state index is 13.3. The average molecular weight is 506 g/mol. The number of anilines is 1. The normalized spacial score (nSPS) is 17.3. The standard InChI is InChI=1S/C26H20ClN3O4S/c1-2-13-34-18-6-3-15(4-7-18)22-21(23(31)16-9-11-28-12-10-16)24(32)25(33)30(22)26-29-19-8-5-17(27)14-20(19)35-26/h3-12,14,22,31H,2,13H2,1H3. The van der Waals surface area contributed by atoms with Crippen LogP contribution in [0.15, 0.2) is 72.6 Å². The Morgan fingerprint density at radius 2 is 1.86 bits per heavy atom. The van der Waals surface area contributed by atoms with Crippen LogP contribution in [0.2, 0.25) is 5.02 Å². The molecule has 176 valence electrons. The number of carbonyl (C=O) groups excluding carboxylic acids is 2. The van der Waals surface area contributed by atoms with Gasteiger partial charge in [-0.05, 0) is 54.4 Å². The fraction of sp³-hybridized carbons (Fsp3) is 0.154. The molecule has 3 heterocycles. The van der Waals surface area contributed by atoms with Gasteiger partial charge in [0.1, 0.15) is 11.5 Å². The van der Waals surface area contributed by atoms with E-state index >= 15 is 0 Å². The molecule has 0 radical (unpaired) electrons. The van der Waals surface area contributed by atoms with Crippen molar-refractivity contribution in [2.45, 2.75) is 19.4 Å². The lowest BCUT2D eigenvalue weighted by atomic mass is 9.95. The Hall–Kier alpha value is -3.75. The number of rotatable bonds is 6. The Bertz CT molecular complexity index is 1450. The van der Waals surface area contributed by atoms with Gasteiger partial charge in [0.05, 0.1) is 28.4 Å². The molecule has 0 saturated carbocycles. The van der Waals surface area contributed by atoms with Crippen LogP contribution in [0.5, 0.6) is 5.75 Å². The van der Waals surface area contributed by atoms with Crippen LogP contribution in [-0.2, 0) is 9.59 Å². The van der Waals surface area contributed by atoms with E-state index in [2.05, 4.69) is 9.97 Å². The summed E-state index contributed by atoms with van der Waals surface area (Å²) in [6.45, 7) is 2.60. The third-order valence-corrected chi connectivity index (χ3v) is 6.86. The molecule has 1 N–H and O–H groups in total. The highest BCUT2D eigenvalue weighted by Crippen LogP contribution is 2.44. The fourth-order valence-electron chi connectivity index (χ4n) is 3.97. The van der Waals surface area contributed by atoms with Crippen molar-refractivity contribution in [2.24, 2.45) is 0 Å². The number of fused-ring (bicyclic) bond motifs is 1. The van der Waals surface area contributed by atoms with E-state index in [0.29, 0.717) is 39.2 Å². The van der Waals surface area contributed by atoms with Crippen molar-refractivity contribution in [3.63, 3.8) is 0 Å². The van der Waals surface area contributed by atoms with Gasteiger partial charge in [-0.25, -0.2) is 4.98 Å². The largest absolute Gasteiger partial charge is 0.507 e. The van der Waals surface area contributed by atoms with Gasteiger partial charge in [-0.15, -0.1) is 0 Å². The molecule has 7 nitrogen and oxygen atoms in total. The number of Topliss-reactive ketones (excluding diaryl/α,β-unsaturated/α-hetero) is 1. The lowest BCUT2D eigenvalue weighted by molar-refractivity contribution is -0.132. The van der Waals surface area contributed by atoms with Crippen LogP contribution < -0.4 is 9.64 Å². The van der Waals surface area contributed by atoms with Gasteiger partial charge < -0.3 is 9.84 Å². The molecule has 35 heavy (non-hydrogen) atoms. The van der Waals surface area contributed by atoms with Crippen molar-refractivity contribution in [2.75, 3.05) is 11.5 Å². The molecule has 9 heteroatoms. The zero-order valence-electron chi connectivity index (χ0n) is 18.6. The van der Waals surface area contributed by atoms with Crippen molar-refractivity contribution in [1.29, 1.82) is 0 Å². The second-order valence-corrected chi connectivity index (χ2v) is 9.38. The van der Waals surface area contributed by atoms with Gasteiger partial charge in [-0.1, -0.05) is 42.0 Å². The first kappa shape index (κ1) is 23.0. The number of pyridine rings is 1. The number of aliphatic hydroxyl groups is 1. The molecule has 0 spiro atoms. The lowest BCUT2D eigenvalue weighted by Gasteiger charge is -2.23. The first-order valence-corrected chi connectivity index (χ1v) is 12.2. The maximum atomic E-state index is 13.3. The summed E-state index contributed by atoms with van der Waals surface area (Å²) in [5.74, 6) is -1.14. The van der Waals surface area contributed by atoms with E-state index in [4.69, 9.17) is 16.3 Å². The minimum atomic E-state index is -0.876. The molecule has 1 amide bonds. The summed E-state index contributed by atoms with van der Waals surface area (Å²) in [6, 6.07) is 14.7. The number of aromatic nitrogens is 2. The molecule has 5 rings (SSSR count). The Morgan fingerprint density at radius 3 is 2.57 bits per heavy atom. The van der Waals surface area contributed by atoms with Crippen LogP contribution in [-0.4, -0.2) is 33.4 Å². The Balaban J connectivity index is 1.67. The van der Waals surface area contributed by atoms with Gasteiger partial charge in [0.25, 0.3) is 5.78 Å². The highest BCUT2D eigenvalue weighted by atomic mass is 35.5. The minimum absolute atomic E-state index is 0.0132. The lowest BCUT2D eigenvalue weighted by Crippen LogP contribution is -2.29. The Kier molecular flexibility index (Phi) is 6.23. The number of halogens is 1. The zero-order chi connectivity index (χ0) is 24.5. The smallest absolute Gasteiger partial charge is 0.301 e. The minimum Gasteiger partial charge on any atom is -0.507 e. The van der Waals surface area contributed by atoms with E-state index in [1.54, 1.807) is 54.6 Å². The molecule has 0 bridgehead atoms. The number of ketones is 1. The number of hydrogen-bond donors (Lipinski definition) is 1. The topological polar surface area (TPSA) is 92.6 Å². The van der Waals surface area contributed by atoms with Gasteiger partial charge in [0, 0.05) is 23.0 Å². The summed E-state index contributed by atoms with van der Waals surface area (Å²) in [4.78, 5) is 36.5. The van der Waals surface area contributed by atoms with Crippen LogP contribution in [0.25, 0.3) is 16.0 Å². The molecule has 1 fully saturated rings. The summed E-state index contributed by atoms with van der Waals surface area (Å²) in [5.41, 5.74) is 1.68. The third kappa shape index (κ3) is 4.26. The van der Waals surface area contributed by atoms with Crippen molar-refractivity contribution in [1.82, 2.24) is 9.97 Å². The quantitative estimate of drug-likeness (QED) is 0.203. The summed E-state index contributed by atoms with van der Waals surface area (Å²) >= 11 is 7.39. The van der Waals surface area contributed by atoms with Crippen LogP contribution in [0, 0.1) is 0 Å². The van der Waals surface area contributed by atoms with E-state index in [-0.39, 0.29) is 11.3 Å². The van der Waals surface area contributed by atoms with Gasteiger partial charge in [-0.2, -0.15) is 0 Å². The predicted octanol–water partition coefficient (Wildman–Crippen LogP) is 5.76. The molecular formula is C26H20ClN3O4S. The first-order valence-electron chi connectivity index (χ1n) is 11.0. The molecule has 2 aromatic carbocycles. The summed E-state index contributed by atoms with van der Waals surface area (Å²) < 4.78 is 6.47. The molecule has 4 aromatic rings. The molecule has 1 saturated heterocycles. The number of benzene rings is 2. The van der Waals surface area contributed by atoms with E-state index in [1.807, 2.05) is 6.92 Å². The number of carbonyl (C=O) groups is 2. The number of amides is 1. The van der Waals surface area contributed by atoms with Crippen molar-refractivity contribution in [3.05, 3.63) is 88.7 Å². The Labute approximate surface area is 210 Å². The van der Waals surface area contributed by atoms with Gasteiger partial charge in [-0.3, -0.25) is 19.5 Å².